The number of esters is 1. The van der Waals surface area contributed by atoms with Crippen molar-refractivity contribution in [1.29, 1.82) is 0 Å². The minimum absolute atomic E-state index is 0.0368. The molecular weight excluding hydrogens is 312 g/mol. The van der Waals surface area contributed by atoms with Crippen molar-refractivity contribution in [3.63, 3.8) is 0 Å². The summed E-state index contributed by atoms with van der Waals surface area (Å²) in [6, 6.07) is 1.06. The van der Waals surface area contributed by atoms with Crippen LogP contribution >= 0.6 is 0 Å². The molecule has 0 amide bonds. The molecule has 5 atom stereocenters. The Labute approximate surface area is 130 Å². The molecule has 126 valence electrons. The molecule has 2 aliphatic rings. The highest BCUT2D eigenvalue weighted by atomic mass is 16.6. The second-order valence-electron chi connectivity index (χ2n) is 5.37. The Morgan fingerprint density at radius 1 is 1.26 bits per heavy atom. The summed E-state index contributed by atoms with van der Waals surface area (Å²) in [4.78, 5) is 12.1. The van der Waals surface area contributed by atoms with Crippen LogP contribution in [0.3, 0.4) is 0 Å². The molecular formula is C14H16O9. The van der Waals surface area contributed by atoms with Gasteiger partial charge < -0.3 is 39.7 Å². The van der Waals surface area contributed by atoms with Gasteiger partial charge in [-0.2, -0.15) is 0 Å². The lowest BCUT2D eigenvalue weighted by Crippen LogP contribution is -2.58. The fraction of sp³-hybridized carbons (Fsp3) is 0.500. The zero-order valence-electron chi connectivity index (χ0n) is 12.0. The van der Waals surface area contributed by atoms with E-state index in [0.717, 1.165) is 6.07 Å². The van der Waals surface area contributed by atoms with Crippen molar-refractivity contribution < 1.29 is 44.5 Å². The van der Waals surface area contributed by atoms with Crippen LogP contribution in [0.15, 0.2) is 6.07 Å². The van der Waals surface area contributed by atoms with E-state index in [0.29, 0.717) is 0 Å². The Balaban J connectivity index is 2.16. The highest BCUT2D eigenvalue weighted by molar-refractivity contribution is 5.95. The normalized spacial score (nSPS) is 32.7. The van der Waals surface area contributed by atoms with Gasteiger partial charge in [-0.3, -0.25) is 0 Å². The molecule has 1 fully saturated rings. The average Bonchev–Trinajstić information content (AvgIpc) is 2.52. The Hall–Kier alpha value is -2.07. The van der Waals surface area contributed by atoms with E-state index >= 15 is 0 Å². The SMILES string of the molecule is COc1c(O)cc2c(c1O)[C@H]1O[C@@H](CO)[C@@H](O)[C@@H](O)[C@H]1OC2=O. The van der Waals surface area contributed by atoms with Crippen molar-refractivity contribution in [2.45, 2.75) is 30.5 Å². The van der Waals surface area contributed by atoms with Crippen LogP contribution in [0.4, 0.5) is 0 Å². The van der Waals surface area contributed by atoms with E-state index < -0.39 is 54.6 Å². The minimum atomic E-state index is -1.51. The first-order valence-electron chi connectivity index (χ1n) is 6.87. The van der Waals surface area contributed by atoms with Gasteiger partial charge in [0.15, 0.2) is 17.6 Å². The Kier molecular flexibility index (Phi) is 3.80. The maximum absolute atomic E-state index is 12.1. The number of carbonyl (C=O) groups is 1. The van der Waals surface area contributed by atoms with Crippen molar-refractivity contribution in [2.75, 3.05) is 13.7 Å². The van der Waals surface area contributed by atoms with Gasteiger partial charge in [0.25, 0.3) is 0 Å². The first-order valence-corrected chi connectivity index (χ1v) is 6.87. The topological polar surface area (TPSA) is 146 Å². The molecule has 0 aliphatic carbocycles. The molecule has 3 rings (SSSR count). The van der Waals surface area contributed by atoms with Gasteiger partial charge in [-0.05, 0) is 6.07 Å². The van der Waals surface area contributed by atoms with E-state index in [4.69, 9.17) is 14.2 Å². The number of methoxy groups -OCH3 is 1. The molecule has 0 unspecified atom stereocenters. The van der Waals surface area contributed by atoms with Crippen LogP contribution in [-0.2, 0) is 9.47 Å². The number of phenols is 2. The highest BCUT2D eigenvalue weighted by Crippen LogP contribution is 2.49. The highest BCUT2D eigenvalue weighted by Gasteiger charge is 2.52. The summed E-state index contributed by atoms with van der Waals surface area (Å²) in [7, 11) is 1.22. The van der Waals surface area contributed by atoms with Crippen LogP contribution in [0.1, 0.15) is 22.0 Å². The van der Waals surface area contributed by atoms with E-state index in [1.807, 2.05) is 0 Å². The van der Waals surface area contributed by atoms with Crippen LogP contribution in [0.5, 0.6) is 17.2 Å². The van der Waals surface area contributed by atoms with Crippen molar-refractivity contribution in [3.8, 4) is 17.2 Å². The molecule has 0 radical (unpaired) electrons. The molecule has 0 aromatic heterocycles. The Morgan fingerprint density at radius 3 is 2.57 bits per heavy atom. The van der Waals surface area contributed by atoms with Crippen LogP contribution in [-0.4, -0.2) is 69.6 Å². The molecule has 1 aromatic rings. The molecule has 1 saturated heterocycles. The number of carbonyl (C=O) groups excluding carboxylic acids is 1. The molecule has 9 heteroatoms. The molecule has 0 saturated carbocycles. The molecule has 0 spiro atoms. The fourth-order valence-electron chi connectivity index (χ4n) is 2.95. The summed E-state index contributed by atoms with van der Waals surface area (Å²) in [5.41, 5.74) is -0.187. The molecule has 2 heterocycles. The molecule has 1 aromatic carbocycles. The number of fused-ring (bicyclic) bond motifs is 3. The van der Waals surface area contributed by atoms with Gasteiger partial charge in [0.2, 0.25) is 5.75 Å². The van der Waals surface area contributed by atoms with E-state index in [9.17, 15) is 30.3 Å². The maximum Gasteiger partial charge on any atom is 0.339 e. The molecule has 5 N–H and O–H groups in total. The van der Waals surface area contributed by atoms with Gasteiger partial charge in [-0.15, -0.1) is 0 Å². The summed E-state index contributed by atoms with van der Waals surface area (Å²) in [6.45, 7) is -0.583. The van der Waals surface area contributed by atoms with Crippen LogP contribution < -0.4 is 4.74 Å². The minimum Gasteiger partial charge on any atom is -0.504 e. The number of rotatable bonds is 2. The predicted molar refractivity (Wildman–Crippen MR) is 72.2 cm³/mol. The van der Waals surface area contributed by atoms with Crippen molar-refractivity contribution >= 4 is 5.97 Å². The number of hydrogen-bond donors (Lipinski definition) is 5. The average molecular weight is 328 g/mol. The van der Waals surface area contributed by atoms with E-state index in [1.165, 1.54) is 7.11 Å². The Morgan fingerprint density at radius 2 is 1.96 bits per heavy atom. The van der Waals surface area contributed by atoms with Crippen LogP contribution in [0.2, 0.25) is 0 Å². The van der Waals surface area contributed by atoms with E-state index in [1.54, 1.807) is 0 Å². The third-order valence-corrected chi connectivity index (χ3v) is 4.09. The maximum atomic E-state index is 12.1. The summed E-state index contributed by atoms with van der Waals surface area (Å²) in [5.74, 6) is -2.16. The standard InChI is InChI=1S/C14H16O9/c1-21-11-5(16)2-4-7(9(11)18)12-13(23-14(4)20)10(19)8(17)6(3-15)22-12/h2,6,8,10,12-13,15-19H,3H2,1H3/t6-,8+,10+,12+,13+/m0/s1. The Bertz CT molecular complexity index is 644. The van der Waals surface area contributed by atoms with Crippen LogP contribution in [0.25, 0.3) is 0 Å². The van der Waals surface area contributed by atoms with Gasteiger partial charge in [-0.25, -0.2) is 4.79 Å². The molecule has 9 nitrogen and oxygen atoms in total. The number of benzene rings is 1. The number of phenolic OH excluding ortho intramolecular Hbond substituents is 2. The van der Waals surface area contributed by atoms with Crippen LogP contribution in [0, 0.1) is 0 Å². The second kappa shape index (κ2) is 5.53. The fourth-order valence-corrected chi connectivity index (χ4v) is 2.95. The predicted octanol–water partition coefficient (Wildman–Crippen LogP) is -1.20. The lowest BCUT2D eigenvalue weighted by molar-refractivity contribution is -0.235. The number of hydrogen-bond acceptors (Lipinski definition) is 9. The summed E-state index contributed by atoms with van der Waals surface area (Å²) >= 11 is 0. The quantitative estimate of drug-likeness (QED) is 0.422. The van der Waals surface area contributed by atoms with Gasteiger partial charge in [0.05, 0.1) is 19.3 Å². The summed E-state index contributed by atoms with van der Waals surface area (Å²) in [6.07, 6.45) is -6.50. The second-order valence-corrected chi connectivity index (χ2v) is 5.37. The molecule has 0 bridgehead atoms. The summed E-state index contributed by atoms with van der Waals surface area (Å²) in [5, 5.41) is 49.3. The lowest BCUT2D eigenvalue weighted by Gasteiger charge is -2.44. The molecule has 23 heavy (non-hydrogen) atoms. The van der Waals surface area contributed by atoms with Crippen molar-refractivity contribution in [3.05, 3.63) is 17.2 Å². The first kappa shape index (κ1) is 15.8. The van der Waals surface area contributed by atoms with Gasteiger partial charge in [-0.1, -0.05) is 0 Å². The number of aromatic hydroxyl groups is 2. The number of aliphatic hydroxyl groups is 3. The first-order chi connectivity index (χ1) is 10.9. The van der Waals surface area contributed by atoms with E-state index in [-0.39, 0.29) is 16.9 Å². The van der Waals surface area contributed by atoms with Gasteiger partial charge in [0.1, 0.15) is 24.4 Å². The number of ether oxygens (including phenoxy) is 3. The zero-order valence-corrected chi connectivity index (χ0v) is 12.0. The zero-order chi connectivity index (χ0) is 16.9. The van der Waals surface area contributed by atoms with Crippen molar-refractivity contribution in [2.24, 2.45) is 0 Å². The third-order valence-electron chi connectivity index (χ3n) is 4.09. The van der Waals surface area contributed by atoms with Gasteiger partial charge in [0, 0.05) is 5.56 Å². The lowest BCUT2D eigenvalue weighted by atomic mass is 9.86. The van der Waals surface area contributed by atoms with Gasteiger partial charge >= 0.3 is 5.97 Å². The molecule has 2 aliphatic heterocycles. The summed E-state index contributed by atoms with van der Waals surface area (Å²) < 4.78 is 15.4. The monoisotopic (exact) mass is 328 g/mol. The number of aliphatic hydroxyl groups excluding tert-OH is 3. The largest absolute Gasteiger partial charge is 0.504 e. The smallest absolute Gasteiger partial charge is 0.339 e. The van der Waals surface area contributed by atoms with Crippen molar-refractivity contribution in [1.82, 2.24) is 0 Å². The van der Waals surface area contributed by atoms with E-state index in [2.05, 4.69) is 0 Å². The third kappa shape index (κ3) is 2.20.